The monoisotopic (exact) mass is 499 g/mol. The van der Waals surface area contributed by atoms with E-state index in [0.29, 0.717) is 5.16 Å². The zero-order valence-corrected chi connectivity index (χ0v) is 21.5. The van der Waals surface area contributed by atoms with Gasteiger partial charge in [-0.15, -0.1) is 0 Å². The zero-order valence-electron chi connectivity index (χ0n) is 20.7. The number of nitrogens with zero attached hydrogens (tertiary/aromatic N) is 2. The zero-order chi connectivity index (χ0) is 25.1. The standard InChI is InChI=1S/C29H29N3O3S/c1-19(28(33)32-18-6-8-20-7-4-5-9-25(20)32)36-29-30-26(21-10-14-23(34-2)15-11-21)27(31-29)22-12-16-24(35-3)17-13-22/h4-5,7,9-17,19H,6,8,18H2,1-3H3,(H,30,31). The maximum Gasteiger partial charge on any atom is 0.240 e. The fourth-order valence-corrected chi connectivity index (χ4v) is 5.40. The third-order valence-electron chi connectivity index (χ3n) is 6.44. The van der Waals surface area contributed by atoms with Gasteiger partial charge >= 0.3 is 0 Å². The minimum atomic E-state index is -0.297. The highest BCUT2D eigenvalue weighted by molar-refractivity contribution is 8.00. The van der Waals surface area contributed by atoms with Crippen LogP contribution in [0.1, 0.15) is 18.9 Å². The van der Waals surface area contributed by atoms with Crippen molar-refractivity contribution >= 4 is 23.4 Å². The van der Waals surface area contributed by atoms with Gasteiger partial charge in [0.15, 0.2) is 5.16 Å². The van der Waals surface area contributed by atoms with E-state index in [1.165, 1.54) is 17.3 Å². The molecule has 4 aromatic rings. The van der Waals surface area contributed by atoms with Gasteiger partial charge in [0.25, 0.3) is 0 Å². The molecule has 1 amide bonds. The van der Waals surface area contributed by atoms with Crippen molar-refractivity contribution in [1.29, 1.82) is 0 Å². The van der Waals surface area contributed by atoms with Crippen LogP contribution >= 0.6 is 11.8 Å². The molecule has 7 heteroatoms. The van der Waals surface area contributed by atoms with E-state index in [2.05, 4.69) is 11.1 Å². The normalized spacial score (nSPS) is 13.7. The van der Waals surface area contributed by atoms with Gasteiger partial charge in [0.1, 0.15) is 11.5 Å². The van der Waals surface area contributed by atoms with Crippen molar-refractivity contribution in [2.75, 3.05) is 25.7 Å². The first-order valence-corrected chi connectivity index (χ1v) is 12.9. The second kappa shape index (κ2) is 10.5. The highest BCUT2D eigenvalue weighted by atomic mass is 32.2. The molecule has 5 rings (SSSR count). The third kappa shape index (κ3) is 4.84. The fraction of sp³-hybridized carbons (Fsp3) is 0.241. The molecule has 1 aromatic heterocycles. The molecular weight excluding hydrogens is 470 g/mol. The molecule has 0 bridgehead atoms. The Morgan fingerprint density at radius 3 is 2.25 bits per heavy atom. The number of aromatic amines is 1. The smallest absolute Gasteiger partial charge is 0.240 e. The number of rotatable bonds is 7. The molecule has 1 aliphatic rings. The Balaban J connectivity index is 1.45. The van der Waals surface area contributed by atoms with Gasteiger partial charge in [-0.25, -0.2) is 4.98 Å². The van der Waals surface area contributed by atoms with E-state index in [4.69, 9.17) is 14.5 Å². The van der Waals surface area contributed by atoms with Gasteiger partial charge in [0, 0.05) is 23.4 Å². The van der Waals surface area contributed by atoms with Crippen molar-refractivity contribution in [2.45, 2.75) is 30.2 Å². The van der Waals surface area contributed by atoms with Gasteiger partial charge in [-0.1, -0.05) is 30.0 Å². The minimum absolute atomic E-state index is 0.0977. The van der Waals surface area contributed by atoms with E-state index < -0.39 is 0 Å². The third-order valence-corrected chi connectivity index (χ3v) is 7.41. The molecule has 36 heavy (non-hydrogen) atoms. The van der Waals surface area contributed by atoms with E-state index in [-0.39, 0.29) is 11.2 Å². The number of anilines is 1. The molecule has 1 N–H and O–H groups in total. The molecule has 1 aliphatic heterocycles. The molecule has 3 aromatic carbocycles. The van der Waals surface area contributed by atoms with Crippen molar-refractivity contribution in [3.05, 3.63) is 78.4 Å². The lowest BCUT2D eigenvalue weighted by molar-refractivity contribution is -0.117. The number of benzene rings is 3. The van der Waals surface area contributed by atoms with Crippen molar-refractivity contribution in [3.8, 4) is 34.0 Å². The Morgan fingerprint density at radius 1 is 0.944 bits per heavy atom. The van der Waals surface area contributed by atoms with Crippen LogP contribution in [0.5, 0.6) is 11.5 Å². The molecule has 1 atom stereocenters. The van der Waals surface area contributed by atoms with Crippen molar-refractivity contribution in [2.24, 2.45) is 0 Å². The van der Waals surface area contributed by atoms with Crippen LogP contribution in [-0.2, 0) is 11.2 Å². The number of ether oxygens (including phenoxy) is 2. The van der Waals surface area contributed by atoms with E-state index >= 15 is 0 Å². The Bertz CT molecular complexity index is 1280. The van der Waals surface area contributed by atoms with Gasteiger partial charge in [0.05, 0.1) is 30.9 Å². The quantitative estimate of drug-likeness (QED) is 0.306. The minimum Gasteiger partial charge on any atom is -0.497 e. The summed E-state index contributed by atoms with van der Waals surface area (Å²) in [6, 6.07) is 23.9. The van der Waals surface area contributed by atoms with Crippen LogP contribution in [0.15, 0.2) is 78.0 Å². The van der Waals surface area contributed by atoms with Crippen LogP contribution in [-0.4, -0.2) is 41.9 Å². The fourth-order valence-electron chi connectivity index (χ4n) is 4.53. The van der Waals surface area contributed by atoms with Crippen LogP contribution in [0.2, 0.25) is 0 Å². The van der Waals surface area contributed by atoms with E-state index in [0.717, 1.165) is 59.1 Å². The molecule has 0 radical (unpaired) electrons. The highest BCUT2D eigenvalue weighted by Crippen LogP contribution is 2.36. The number of imidazole rings is 1. The number of nitrogens with one attached hydrogen (secondary N) is 1. The molecular formula is C29H29N3O3S. The molecule has 0 spiro atoms. The maximum atomic E-state index is 13.5. The summed E-state index contributed by atoms with van der Waals surface area (Å²) in [5.74, 6) is 1.68. The number of amides is 1. The van der Waals surface area contributed by atoms with Crippen LogP contribution in [0, 0.1) is 0 Å². The summed E-state index contributed by atoms with van der Waals surface area (Å²) >= 11 is 1.45. The number of methoxy groups -OCH3 is 2. The predicted molar refractivity (Wildman–Crippen MR) is 145 cm³/mol. The summed E-state index contributed by atoms with van der Waals surface area (Å²) < 4.78 is 10.7. The summed E-state index contributed by atoms with van der Waals surface area (Å²) in [7, 11) is 3.31. The molecule has 6 nitrogen and oxygen atoms in total. The number of carbonyl (C=O) groups excluding carboxylic acids is 1. The molecule has 0 aliphatic carbocycles. The number of hydrogen-bond acceptors (Lipinski definition) is 5. The average molecular weight is 500 g/mol. The van der Waals surface area contributed by atoms with Gasteiger partial charge in [-0.05, 0) is 79.9 Å². The summed E-state index contributed by atoms with van der Waals surface area (Å²) in [6.45, 7) is 2.69. The van der Waals surface area contributed by atoms with Crippen LogP contribution in [0.4, 0.5) is 5.69 Å². The lowest BCUT2D eigenvalue weighted by atomic mass is 10.0. The highest BCUT2D eigenvalue weighted by Gasteiger charge is 2.28. The molecule has 184 valence electrons. The van der Waals surface area contributed by atoms with Crippen LogP contribution in [0.3, 0.4) is 0 Å². The van der Waals surface area contributed by atoms with Gasteiger partial charge < -0.3 is 19.4 Å². The SMILES string of the molecule is COc1ccc(-c2nc(SC(C)C(=O)N3CCCc4ccccc43)[nH]c2-c2ccc(OC)cc2)cc1. The topological polar surface area (TPSA) is 67.5 Å². The lowest BCUT2D eigenvalue weighted by Crippen LogP contribution is -2.40. The van der Waals surface area contributed by atoms with Gasteiger partial charge in [0.2, 0.25) is 5.91 Å². The summed E-state index contributed by atoms with van der Waals surface area (Å²) in [4.78, 5) is 23.8. The predicted octanol–water partition coefficient (Wildman–Crippen LogP) is 6.22. The van der Waals surface area contributed by atoms with Crippen molar-refractivity contribution in [1.82, 2.24) is 9.97 Å². The average Bonchev–Trinajstić information content (AvgIpc) is 3.36. The largest absolute Gasteiger partial charge is 0.497 e. The molecule has 0 saturated heterocycles. The van der Waals surface area contributed by atoms with Crippen molar-refractivity contribution in [3.63, 3.8) is 0 Å². The Morgan fingerprint density at radius 2 is 1.58 bits per heavy atom. The van der Waals surface area contributed by atoms with E-state index in [1.54, 1.807) is 14.2 Å². The van der Waals surface area contributed by atoms with Crippen LogP contribution in [0.25, 0.3) is 22.5 Å². The molecule has 0 fully saturated rings. The van der Waals surface area contributed by atoms with Gasteiger partial charge in [-0.2, -0.15) is 0 Å². The number of thioether (sulfide) groups is 1. The summed E-state index contributed by atoms with van der Waals surface area (Å²) in [6.07, 6.45) is 1.99. The Kier molecular flexibility index (Phi) is 7.00. The molecule has 2 heterocycles. The number of aryl methyl sites for hydroxylation is 1. The summed E-state index contributed by atoms with van der Waals surface area (Å²) in [5, 5.41) is 0.410. The van der Waals surface area contributed by atoms with Crippen molar-refractivity contribution < 1.29 is 14.3 Å². The number of para-hydroxylation sites is 1. The van der Waals surface area contributed by atoms with Crippen LogP contribution < -0.4 is 14.4 Å². The molecule has 1 unspecified atom stereocenters. The summed E-state index contributed by atoms with van der Waals surface area (Å²) in [5.41, 5.74) is 5.94. The van der Waals surface area contributed by atoms with E-state index in [1.807, 2.05) is 78.6 Å². The Hall–Kier alpha value is -3.71. The van der Waals surface area contributed by atoms with E-state index in [9.17, 15) is 4.79 Å². The number of H-pyrrole nitrogens is 1. The maximum absolute atomic E-state index is 13.5. The molecule has 0 saturated carbocycles. The number of carbonyl (C=O) groups is 1. The first kappa shape index (κ1) is 24.0. The second-order valence-corrected chi connectivity index (χ2v) is 10.0. The number of fused-ring (bicyclic) bond motifs is 1. The Labute approximate surface area is 215 Å². The first-order valence-electron chi connectivity index (χ1n) is 12.0. The number of aromatic nitrogens is 2. The first-order chi connectivity index (χ1) is 17.6. The number of hydrogen-bond donors (Lipinski definition) is 1. The lowest BCUT2D eigenvalue weighted by Gasteiger charge is -2.31. The second-order valence-electron chi connectivity index (χ2n) is 8.70. The van der Waals surface area contributed by atoms with Gasteiger partial charge in [-0.3, -0.25) is 4.79 Å².